The van der Waals surface area contributed by atoms with Crippen LogP contribution in [-0.4, -0.2) is 86.2 Å². The molecule has 1 heterocycles. The van der Waals surface area contributed by atoms with Gasteiger partial charge in [-0.2, -0.15) is 0 Å². The molecule has 3 aliphatic rings. The van der Waals surface area contributed by atoms with Crippen molar-refractivity contribution < 1.29 is 44.6 Å². The second-order valence-electron chi connectivity index (χ2n) is 10.7. The molecule has 1 fully saturated rings. The normalized spacial score (nSPS) is 32.6. The minimum atomic E-state index is -1.69. The zero-order valence-electron chi connectivity index (χ0n) is 21.7. The number of fused-ring (bicyclic) bond motifs is 3. The number of aliphatic hydroxyl groups excluding tert-OH is 2. The molecule has 7 atom stereocenters. The van der Waals surface area contributed by atoms with Crippen molar-refractivity contribution in [2.24, 2.45) is 0 Å². The van der Waals surface area contributed by atoms with Crippen LogP contribution in [-0.2, 0) is 9.47 Å². The van der Waals surface area contributed by atoms with E-state index in [1.54, 1.807) is 13.8 Å². The lowest BCUT2D eigenvalue weighted by atomic mass is 9.71. The number of hydrogen-bond acceptors (Lipinski definition) is 10. The SMILES string of the molecule is CCC1(O)CC(O[C@H]2C[C@H](N(C)C)[C@H](O)[C@H](C)O2)c2cc3c(c(O)c2C1O)C(=O)c1cccc(O)c1C3=O. The first-order valence-electron chi connectivity index (χ1n) is 12.8. The van der Waals surface area contributed by atoms with Gasteiger partial charge in [-0.1, -0.05) is 19.1 Å². The highest BCUT2D eigenvalue weighted by Crippen LogP contribution is 2.52. The summed E-state index contributed by atoms with van der Waals surface area (Å²) in [6.45, 7) is 3.42. The fourth-order valence-electron chi connectivity index (χ4n) is 5.99. The molecule has 0 spiro atoms. The summed E-state index contributed by atoms with van der Waals surface area (Å²) in [7, 11) is 3.68. The second-order valence-corrected chi connectivity index (χ2v) is 10.7. The lowest BCUT2D eigenvalue weighted by molar-refractivity contribution is -0.261. The molecule has 2 aliphatic carbocycles. The molecule has 204 valence electrons. The summed E-state index contributed by atoms with van der Waals surface area (Å²) in [6.07, 6.45) is -4.19. The first-order valence-corrected chi connectivity index (χ1v) is 12.8. The van der Waals surface area contributed by atoms with E-state index in [1.165, 1.54) is 24.3 Å². The van der Waals surface area contributed by atoms with Crippen molar-refractivity contribution in [1.29, 1.82) is 0 Å². The average Bonchev–Trinajstić information content (AvgIpc) is 2.87. The summed E-state index contributed by atoms with van der Waals surface area (Å²) >= 11 is 0. The van der Waals surface area contributed by atoms with Gasteiger partial charge in [-0.15, -0.1) is 0 Å². The summed E-state index contributed by atoms with van der Waals surface area (Å²) in [4.78, 5) is 28.7. The predicted octanol–water partition coefficient (Wildman–Crippen LogP) is 1.94. The smallest absolute Gasteiger partial charge is 0.198 e. The first kappa shape index (κ1) is 26.7. The molecule has 3 unspecified atom stereocenters. The molecule has 0 amide bonds. The number of phenols is 2. The molecular formula is C28H33NO9. The Hall–Kier alpha value is -2.86. The number of hydrogen-bond donors (Lipinski definition) is 5. The fourth-order valence-corrected chi connectivity index (χ4v) is 5.99. The third kappa shape index (κ3) is 3.95. The van der Waals surface area contributed by atoms with Crippen LogP contribution in [0.2, 0.25) is 0 Å². The lowest BCUT2D eigenvalue weighted by Crippen LogP contribution is -2.54. The Morgan fingerprint density at radius 1 is 1.11 bits per heavy atom. The zero-order valence-corrected chi connectivity index (χ0v) is 21.7. The molecule has 5 N–H and O–H groups in total. The van der Waals surface area contributed by atoms with Crippen LogP contribution < -0.4 is 0 Å². The maximum atomic E-state index is 13.4. The number of carbonyl (C=O) groups excluding carboxylic acids is 2. The van der Waals surface area contributed by atoms with Crippen molar-refractivity contribution in [3.63, 3.8) is 0 Å². The minimum Gasteiger partial charge on any atom is -0.507 e. The van der Waals surface area contributed by atoms with Gasteiger partial charge in [0.05, 0.1) is 35.0 Å². The number of benzene rings is 2. The van der Waals surface area contributed by atoms with Crippen LogP contribution in [0.3, 0.4) is 0 Å². The number of rotatable bonds is 4. The van der Waals surface area contributed by atoms with E-state index in [0.717, 1.165) is 0 Å². The number of carbonyl (C=O) groups is 2. The molecule has 0 radical (unpaired) electrons. The van der Waals surface area contributed by atoms with Crippen molar-refractivity contribution in [3.05, 3.63) is 57.6 Å². The molecule has 2 aromatic carbocycles. The maximum absolute atomic E-state index is 13.4. The molecule has 2 aromatic rings. The van der Waals surface area contributed by atoms with Crippen molar-refractivity contribution in [1.82, 2.24) is 4.90 Å². The van der Waals surface area contributed by atoms with Crippen LogP contribution >= 0.6 is 0 Å². The second kappa shape index (κ2) is 9.41. The summed E-state index contributed by atoms with van der Waals surface area (Å²) in [5.41, 5.74) is -2.15. The van der Waals surface area contributed by atoms with E-state index >= 15 is 0 Å². The van der Waals surface area contributed by atoms with E-state index in [9.17, 15) is 35.1 Å². The van der Waals surface area contributed by atoms with Gasteiger partial charge in [0, 0.05) is 35.6 Å². The highest BCUT2D eigenvalue weighted by molar-refractivity contribution is 6.30. The molecule has 0 aromatic heterocycles. The number of nitrogens with zero attached hydrogens (tertiary/aromatic N) is 1. The fraction of sp³-hybridized carbons (Fsp3) is 0.500. The van der Waals surface area contributed by atoms with Crippen LogP contribution in [0, 0.1) is 0 Å². The Kier molecular flexibility index (Phi) is 6.62. The largest absolute Gasteiger partial charge is 0.507 e. The first-order chi connectivity index (χ1) is 17.9. The van der Waals surface area contributed by atoms with Crippen LogP contribution in [0.15, 0.2) is 24.3 Å². The van der Waals surface area contributed by atoms with Gasteiger partial charge < -0.3 is 39.9 Å². The van der Waals surface area contributed by atoms with Gasteiger partial charge >= 0.3 is 0 Å². The van der Waals surface area contributed by atoms with Crippen LogP contribution in [0.4, 0.5) is 0 Å². The van der Waals surface area contributed by atoms with Gasteiger partial charge in [0.25, 0.3) is 0 Å². The van der Waals surface area contributed by atoms with E-state index < -0.39 is 53.6 Å². The Labute approximate surface area is 220 Å². The maximum Gasteiger partial charge on any atom is 0.198 e. The van der Waals surface area contributed by atoms with Crippen molar-refractivity contribution in [2.45, 2.75) is 75.5 Å². The van der Waals surface area contributed by atoms with Crippen LogP contribution in [0.1, 0.15) is 88.3 Å². The molecular weight excluding hydrogens is 494 g/mol. The number of ether oxygens (including phenoxy) is 2. The molecule has 1 saturated heterocycles. The number of ketones is 2. The molecule has 10 heteroatoms. The van der Waals surface area contributed by atoms with Crippen molar-refractivity contribution in [3.8, 4) is 11.5 Å². The molecule has 10 nitrogen and oxygen atoms in total. The monoisotopic (exact) mass is 527 g/mol. The van der Waals surface area contributed by atoms with E-state index in [1.807, 2.05) is 19.0 Å². The van der Waals surface area contributed by atoms with Crippen molar-refractivity contribution >= 4 is 11.6 Å². The number of phenolic OH excluding ortho intramolecular Hbond substituents is 2. The molecule has 1 aliphatic heterocycles. The van der Waals surface area contributed by atoms with E-state index in [4.69, 9.17) is 9.47 Å². The Morgan fingerprint density at radius 2 is 1.79 bits per heavy atom. The number of likely N-dealkylation sites (N-methyl/N-ethyl adjacent to an activating group) is 1. The Bertz CT molecular complexity index is 1310. The third-order valence-electron chi connectivity index (χ3n) is 8.29. The highest BCUT2D eigenvalue weighted by atomic mass is 16.7. The molecule has 38 heavy (non-hydrogen) atoms. The van der Waals surface area contributed by atoms with Gasteiger partial charge in [0.2, 0.25) is 0 Å². The third-order valence-corrected chi connectivity index (χ3v) is 8.29. The molecule has 0 bridgehead atoms. The average molecular weight is 528 g/mol. The van der Waals surface area contributed by atoms with Crippen LogP contribution in [0.5, 0.6) is 11.5 Å². The minimum absolute atomic E-state index is 0.0560. The molecule has 0 saturated carbocycles. The highest BCUT2D eigenvalue weighted by Gasteiger charge is 2.49. The predicted molar refractivity (Wildman–Crippen MR) is 134 cm³/mol. The number of aliphatic hydroxyl groups is 3. The van der Waals surface area contributed by atoms with E-state index in [0.29, 0.717) is 6.42 Å². The molecule has 5 rings (SSSR count). The van der Waals surface area contributed by atoms with E-state index in [-0.39, 0.29) is 58.0 Å². The Morgan fingerprint density at radius 3 is 2.45 bits per heavy atom. The van der Waals surface area contributed by atoms with Gasteiger partial charge in [0.1, 0.15) is 17.6 Å². The van der Waals surface area contributed by atoms with Gasteiger partial charge in [0.15, 0.2) is 17.9 Å². The van der Waals surface area contributed by atoms with Gasteiger partial charge in [-0.25, -0.2) is 0 Å². The summed E-state index contributed by atoms with van der Waals surface area (Å²) < 4.78 is 12.2. The zero-order chi connectivity index (χ0) is 27.7. The summed E-state index contributed by atoms with van der Waals surface area (Å²) in [5, 5.41) is 54.8. The lowest BCUT2D eigenvalue weighted by Gasteiger charge is -2.45. The topological polar surface area (TPSA) is 157 Å². The summed E-state index contributed by atoms with van der Waals surface area (Å²) in [5.74, 6) is -2.27. The van der Waals surface area contributed by atoms with Gasteiger partial charge in [-0.3, -0.25) is 9.59 Å². The number of aromatic hydroxyl groups is 2. The summed E-state index contributed by atoms with van der Waals surface area (Å²) in [6, 6.07) is 5.25. The Balaban J connectivity index is 1.62. The van der Waals surface area contributed by atoms with E-state index in [2.05, 4.69) is 0 Å². The van der Waals surface area contributed by atoms with Crippen molar-refractivity contribution in [2.75, 3.05) is 14.1 Å². The van der Waals surface area contributed by atoms with Gasteiger partial charge in [-0.05, 0) is 45.1 Å². The quantitative estimate of drug-likeness (QED) is 0.340. The van der Waals surface area contributed by atoms with Crippen LogP contribution in [0.25, 0.3) is 0 Å². The standard InChI is InChI=1S/C28H33NO9/c1-5-28(36)11-18(38-19-10-16(29(3)4)23(31)12(2)37-19)14-9-15-21(26(34)22(14)27(28)35)24(32)13-7-6-8-17(30)20(13)25(15)33/h6-9,12,16,18-19,23,27,30-31,34-36H,5,10-11H2,1-4H3/t12-,16-,18?,19-,23+,27?,28?/m0/s1.